The minimum absolute atomic E-state index is 0.598. The molecule has 10 heavy (non-hydrogen) atoms. The molecule has 0 aliphatic rings. The normalized spacial score (nSPS) is 14.4. The van der Waals surface area contributed by atoms with Gasteiger partial charge in [-0.3, -0.25) is 0 Å². The van der Waals surface area contributed by atoms with Crippen LogP contribution in [0.2, 0.25) is 0 Å². The highest BCUT2D eigenvalue weighted by Crippen LogP contribution is 2.01. The van der Waals surface area contributed by atoms with Crippen molar-refractivity contribution in [3.8, 4) is 0 Å². The molecule has 0 heterocycles. The first-order valence-electron chi connectivity index (χ1n) is 2.68. The first kappa shape index (κ1) is 9.38. The summed E-state index contributed by atoms with van der Waals surface area (Å²) in [6.45, 7) is 3.21. The lowest BCUT2D eigenvalue weighted by molar-refractivity contribution is -0.323. The molecule has 0 spiro atoms. The van der Waals surface area contributed by atoms with E-state index in [1.54, 1.807) is 0 Å². The molecule has 1 atom stereocenters. The van der Waals surface area contributed by atoms with Crippen LogP contribution in [0.5, 0.6) is 0 Å². The summed E-state index contributed by atoms with van der Waals surface area (Å²) >= 11 is 0. The maximum absolute atomic E-state index is 8.72. The lowest BCUT2D eigenvalue weighted by Gasteiger charge is -2.17. The quantitative estimate of drug-likeness (QED) is 0.300. The third kappa shape index (κ3) is 5.52. The second-order valence-electron chi connectivity index (χ2n) is 1.87. The molecule has 5 nitrogen and oxygen atoms in total. The van der Waals surface area contributed by atoms with E-state index in [2.05, 4.69) is 11.9 Å². The largest absolute Gasteiger partial charge is 0.374 e. The fraction of sp³-hybridized carbons (Fsp3) is 0.600. The van der Waals surface area contributed by atoms with E-state index >= 15 is 0 Å². The van der Waals surface area contributed by atoms with E-state index in [4.69, 9.17) is 20.4 Å². The Morgan fingerprint density at radius 1 is 1.50 bits per heavy atom. The lowest BCUT2D eigenvalue weighted by atomic mass is 10.3. The number of aliphatic hydroxyl groups excluding tert-OH is 1. The molecule has 0 rings (SSSR count). The molecule has 0 aromatic heterocycles. The van der Waals surface area contributed by atoms with E-state index in [9.17, 15) is 0 Å². The second kappa shape index (κ2) is 3.52. The highest BCUT2D eigenvalue weighted by molar-refractivity contribution is 4.67. The molecule has 60 valence electrons. The Morgan fingerprint density at radius 2 is 2.00 bits per heavy atom. The molecule has 0 radical (unpaired) electrons. The lowest BCUT2D eigenvalue weighted by Crippen LogP contribution is -2.37. The van der Waals surface area contributed by atoms with E-state index in [1.807, 2.05) is 0 Å². The molecule has 1 unspecified atom stereocenters. The number of nitrogens with one attached hydrogen (secondary N) is 1. The summed E-state index contributed by atoms with van der Waals surface area (Å²) in [5.41, 5.74) is 0. The van der Waals surface area contributed by atoms with Gasteiger partial charge in [0.2, 0.25) is 0 Å². The Balaban J connectivity index is 3.56. The zero-order valence-electron chi connectivity index (χ0n) is 5.36. The van der Waals surface area contributed by atoms with Gasteiger partial charge in [-0.05, 0) is 6.20 Å². The summed E-state index contributed by atoms with van der Waals surface area (Å²) in [6, 6.07) is 0. The van der Waals surface area contributed by atoms with Gasteiger partial charge in [0.25, 0.3) is 5.97 Å². The predicted molar refractivity (Wildman–Crippen MR) is 33.3 cm³/mol. The van der Waals surface area contributed by atoms with E-state index in [-0.39, 0.29) is 0 Å². The molecule has 5 heteroatoms. The Morgan fingerprint density at radius 3 is 2.30 bits per heavy atom. The van der Waals surface area contributed by atoms with E-state index in [1.165, 1.54) is 6.20 Å². The number of aliphatic hydroxyl groups is 4. The molecule has 0 aliphatic heterocycles. The molecule has 0 aromatic rings. The molecular formula is C5H11NO4. The van der Waals surface area contributed by atoms with Crippen molar-refractivity contribution in [3.63, 3.8) is 0 Å². The molecule has 0 saturated heterocycles. The molecule has 0 aromatic carbocycles. The summed E-state index contributed by atoms with van der Waals surface area (Å²) in [4.78, 5) is 0. The fourth-order valence-corrected chi connectivity index (χ4v) is 0.454. The van der Waals surface area contributed by atoms with Crippen LogP contribution in [-0.2, 0) is 0 Å². The SMILES string of the molecule is C=CNC(O)CC(O)(O)O. The molecule has 0 fully saturated rings. The standard InChI is InChI=1S/C5H11NO4/c1-2-6-4(7)3-5(8,9)10/h2,4,6-10H,1,3H2. The van der Waals surface area contributed by atoms with Gasteiger partial charge in [0.15, 0.2) is 0 Å². The van der Waals surface area contributed by atoms with Crippen LogP contribution >= 0.6 is 0 Å². The second-order valence-corrected chi connectivity index (χ2v) is 1.87. The molecule has 0 aliphatic carbocycles. The third-order valence-corrected chi connectivity index (χ3v) is 0.777. The fourth-order valence-electron chi connectivity index (χ4n) is 0.454. The van der Waals surface area contributed by atoms with Crippen molar-refractivity contribution < 1.29 is 20.4 Å². The van der Waals surface area contributed by atoms with Crippen molar-refractivity contribution in [2.24, 2.45) is 0 Å². The van der Waals surface area contributed by atoms with Crippen LogP contribution in [0.15, 0.2) is 12.8 Å². The van der Waals surface area contributed by atoms with Crippen LogP contribution in [0.1, 0.15) is 6.42 Å². The van der Waals surface area contributed by atoms with Crippen molar-refractivity contribution >= 4 is 0 Å². The van der Waals surface area contributed by atoms with E-state index < -0.39 is 18.6 Å². The van der Waals surface area contributed by atoms with E-state index in [0.29, 0.717) is 0 Å². The van der Waals surface area contributed by atoms with Crippen molar-refractivity contribution in [2.75, 3.05) is 0 Å². The molecule has 0 amide bonds. The Hall–Kier alpha value is -0.620. The number of hydrogen-bond acceptors (Lipinski definition) is 5. The van der Waals surface area contributed by atoms with Crippen LogP contribution in [0.25, 0.3) is 0 Å². The van der Waals surface area contributed by atoms with Gasteiger partial charge in [0.05, 0.1) is 6.42 Å². The topological polar surface area (TPSA) is 93.0 Å². The zero-order valence-corrected chi connectivity index (χ0v) is 5.36. The van der Waals surface area contributed by atoms with Gasteiger partial charge in [-0.25, -0.2) is 0 Å². The molecule has 5 N–H and O–H groups in total. The zero-order chi connectivity index (χ0) is 8.20. The average molecular weight is 149 g/mol. The van der Waals surface area contributed by atoms with Gasteiger partial charge >= 0.3 is 0 Å². The maximum atomic E-state index is 8.72. The maximum Gasteiger partial charge on any atom is 0.279 e. The highest BCUT2D eigenvalue weighted by atomic mass is 16.7. The molecular weight excluding hydrogens is 138 g/mol. The van der Waals surface area contributed by atoms with Crippen LogP contribution in [0, 0.1) is 0 Å². The number of rotatable bonds is 4. The summed E-state index contributed by atoms with van der Waals surface area (Å²) in [7, 11) is 0. The summed E-state index contributed by atoms with van der Waals surface area (Å²) < 4.78 is 0. The first-order chi connectivity index (χ1) is 4.45. The van der Waals surface area contributed by atoms with Crippen LogP contribution in [-0.4, -0.2) is 32.6 Å². The summed E-state index contributed by atoms with van der Waals surface area (Å²) in [6.07, 6.45) is -0.632. The molecule has 0 saturated carbocycles. The van der Waals surface area contributed by atoms with Gasteiger partial charge < -0.3 is 25.7 Å². The summed E-state index contributed by atoms with van der Waals surface area (Å²) in [5.74, 6) is -2.84. The van der Waals surface area contributed by atoms with Gasteiger partial charge in [-0.2, -0.15) is 0 Å². The van der Waals surface area contributed by atoms with Crippen LogP contribution in [0.4, 0.5) is 0 Å². The molecule has 0 bridgehead atoms. The van der Waals surface area contributed by atoms with Gasteiger partial charge in [0.1, 0.15) is 6.23 Å². The first-order valence-corrected chi connectivity index (χ1v) is 2.68. The Labute approximate surface area is 58.2 Å². The van der Waals surface area contributed by atoms with Gasteiger partial charge in [-0.1, -0.05) is 6.58 Å². The number of hydrogen-bond donors (Lipinski definition) is 5. The van der Waals surface area contributed by atoms with Crippen LogP contribution < -0.4 is 5.32 Å². The smallest absolute Gasteiger partial charge is 0.279 e. The van der Waals surface area contributed by atoms with Crippen molar-refractivity contribution in [1.29, 1.82) is 0 Å². The summed E-state index contributed by atoms with van der Waals surface area (Å²) in [5, 5.41) is 35.8. The van der Waals surface area contributed by atoms with Crippen molar-refractivity contribution in [2.45, 2.75) is 18.6 Å². The monoisotopic (exact) mass is 149 g/mol. The van der Waals surface area contributed by atoms with E-state index in [0.717, 1.165) is 0 Å². The highest BCUT2D eigenvalue weighted by Gasteiger charge is 2.22. The third-order valence-electron chi connectivity index (χ3n) is 0.777. The minimum Gasteiger partial charge on any atom is -0.374 e. The Bertz CT molecular complexity index is 109. The van der Waals surface area contributed by atoms with Crippen molar-refractivity contribution in [1.82, 2.24) is 5.32 Å². The average Bonchev–Trinajstić information content (AvgIpc) is 1.59. The van der Waals surface area contributed by atoms with Crippen molar-refractivity contribution in [3.05, 3.63) is 12.8 Å². The minimum atomic E-state index is -2.84. The Kier molecular flexibility index (Phi) is 3.31. The van der Waals surface area contributed by atoms with Gasteiger partial charge in [0, 0.05) is 0 Å². The van der Waals surface area contributed by atoms with Gasteiger partial charge in [-0.15, -0.1) is 0 Å². The predicted octanol–water partition coefficient (Wildman–Crippen LogP) is -1.94. The van der Waals surface area contributed by atoms with Crippen LogP contribution in [0.3, 0.4) is 0 Å².